The van der Waals surface area contributed by atoms with Crippen LogP contribution in [0.1, 0.15) is 24.9 Å². The Bertz CT molecular complexity index is 700. The number of H-pyrrole nitrogens is 1. The Morgan fingerprint density at radius 1 is 1.44 bits per heavy atom. The molecule has 1 aliphatic rings. The molecule has 2 N–H and O–H groups in total. The number of hydrogen-bond donors (Lipinski definition) is 2. The zero-order chi connectivity index (χ0) is 12.9. The average Bonchev–Trinajstić information content (AvgIpc) is 2.83. The van der Waals surface area contributed by atoms with Crippen LogP contribution in [0.4, 0.5) is 0 Å². The number of imidazole rings is 1. The summed E-state index contributed by atoms with van der Waals surface area (Å²) in [7, 11) is 0. The minimum Gasteiger partial charge on any atom is -0.355 e. The predicted octanol–water partition coefficient (Wildman–Crippen LogP) is 0.109. The minimum atomic E-state index is -0.357. The monoisotopic (exact) mass is 246 g/mol. The van der Waals surface area contributed by atoms with Crippen LogP contribution < -0.4 is 10.9 Å². The van der Waals surface area contributed by atoms with Crippen molar-refractivity contribution in [3.63, 3.8) is 0 Å². The van der Waals surface area contributed by atoms with E-state index in [9.17, 15) is 9.59 Å². The highest BCUT2D eigenvalue weighted by Gasteiger charge is 2.39. The van der Waals surface area contributed by atoms with Gasteiger partial charge in [0.1, 0.15) is 11.3 Å². The van der Waals surface area contributed by atoms with Crippen molar-refractivity contribution >= 4 is 11.4 Å². The van der Waals surface area contributed by atoms with E-state index in [1.54, 1.807) is 10.6 Å². The minimum absolute atomic E-state index is 0.0239. The van der Waals surface area contributed by atoms with Gasteiger partial charge in [0.05, 0.1) is 11.6 Å². The molecule has 2 aromatic rings. The summed E-state index contributed by atoms with van der Waals surface area (Å²) in [5.41, 5.74) is 0.766. The summed E-state index contributed by atoms with van der Waals surface area (Å²) in [4.78, 5) is 30.3. The number of amides is 1. The molecule has 3 heterocycles. The van der Waals surface area contributed by atoms with Crippen molar-refractivity contribution in [3.05, 3.63) is 34.3 Å². The van der Waals surface area contributed by atoms with Gasteiger partial charge in [-0.3, -0.25) is 14.0 Å². The molecule has 0 radical (unpaired) electrons. The molecule has 1 unspecified atom stereocenters. The Balaban J connectivity index is 2.25. The number of hydrogen-bond acceptors (Lipinski definition) is 3. The molecule has 1 amide bonds. The summed E-state index contributed by atoms with van der Waals surface area (Å²) in [5.74, 6) is 0.779. The molecule has 0 aromatic carbocycles. The van der Waals surface area contributed by atoms with E-state index >= 15 is 0 Å². The number of aromatic amines is 1. The quantitative estimate of drug-likeness (QED) is 0.749. The molecule has 1 fully saturated rings. The third-order valence-corrected chi connectivity index (χ3v) is 3.43. The van der Waals surface area contributed by atoms with E-state index in [4.69, 9.17) is 0 Å². The first-order valence-corrected chi connectivity index (χ1v) is 5.84. The third kappa shape index (κ3) is 1.45. The summed E-state index contributed by atoms with van der Waals surface area (Å²) in [6, 6.07) is 0. The fourth-order valence-corrected chi connectivity index (χ4v) is 2.51. The van der Waals surface area contributed by atoms with Gasteiger partial charge in [0.25, 0.3) is 5.56 Å². The first-order chi connectivity index (χ1) is 8.49. The van der Waals surface area contributed by atoms with Crippen LogP contribution in [0, 0.1) is 6.92 Å². The van der Waals surface area contributed by atoms with Gasteiger partial charge < -0.3 is 10.3 Å². The molecule has 6 heteroatoms. The highest BCUT2D eigenvalue weighted by Crippen LogP contribution is 2.29. The molecule has 0 bridgehead atoms. The highest BCUT2D eigenvalue weighted by molar-refractivity contribution is 5.80. The number of carbonyl (C=O) groups is 1. The molecule has 0 spiro atoms. The molecule has 2 aromatic heterocycles. The van der Waals surface area contributed by atoms with Crippen LogP contribution >= 0.6 is 0 Å². The van der Waals surface area contributed by atoms with Crippen LogP contribution in [0.25, 0.3) is 5.52 Å². The molecular formula is C12H14N4O2. The number of carbonyl (C=O) groups excluding carboxylic acids is 1. The van der Waals surface area contributed by atoms with Gasteiger partial charge in [-0.15, -0.1) is 0 Å². The average molecular weight is 246 g/mol. The van der Waals surface area contributed by atoms with Crippen LogP contribution in [0.3, 0.4) is 0 Å². The van der Waals surface area contributed by atoms with E-state index in [0.717, 1.165) is 11.5 Å². The van der Waals surface area contributed by atoms with Gasteiger partial charge >= 0.3 is 0 Å². The van der Waals surface area contributed by atoms with Crippen LogP contribution in [0.15, 0.2) is 17.2 Å². The van der Waals surface area contributed by atoms with E-state index in [1.165, 1.54) is 0 Å². The summed E-state index contributed by atoms with van der Waals surface area (Å²) < 4.78 is 1.79. The van der Waals surface area contributed by atoms with Crippen molar-refractivity contribution in [1.82, 2.24) is 19.7 Å². The maximum atomic E-state index is 11.8. The molecule has 6 nitrogen and oxygen atoms in total. The second kappa shape index (κ2) is 3.44. The van der Waals surface area contributed by atoms with Crippen molar-refractivity contribution in [2.24, 2.45) is 0 Å². The molecule has 1 atom stereocenters. The van der Waals surface area contributed by atoms with Gasteiger partial charge in [0.2, 0.25) is 5.91 Å². The standard InChI is InChI=1S/C12H14N4O2/c1-7-5-16-8(10(18)15-7)4-13-11(16)12(2)3-9(17)14-6-12/h4-5H,3,6H2,1-2H3,(H,14,17)(H,15,18). The first kappa shape index (κ1) is 11.0. The SMILES string of the molecule is Cc1cn2c(C3(C)CNC(=O)C3)ncc2c(=O)[nH]1. The van der Waals surface area contributed by atoms with Crippen molar-refractivity contribution in [2.45, 2.75) is 25.7 Å². The van der Waals surface area contributed by atoms with Crippen molar-refractivity contribution in [3.8, 4) is 0 Å². The maximum Gasteiger partial charge on any atom is 0.274 e. The van der Waals surface area contributed by atoms with E-state index in [0.29, 0.717) is 18.5 Å². The molecule has 1 aliphatic heterocycles. The van der Waals surface area contributed by atoms with Crippen LogP contribution in [-0.4, -0.2) is 26.8 Å². The van der Waals surface area contributed by atoms with Crippen molar-refractivity contribution in [2.75, 3.05) is 6.54 Å². The number of fused-ring (bicyclic) bond motifs is 1. The van der Waals surface area contributed by atoms with Crippen LogP contribution in [0.2, 0.25) is 0 Å². The Kier molecular flexibility index (Phi) is 2.10. The molecule has 94 valence electrons. The fourth-order valence-electron chi connectivity index (χ4n) is 2.51. The Labute approximate surface area is 103 Å². The van der Waals surface area contributed by atoms with E-state index < -0.39 is 0 Å². The summed E-state index contributed by atoms with van der Waals surface area (Å²) in [6.45, 7) is 4.36. The molecule has 0 saturated carbocycles. The van der Waals surface area contributed by atoms with E-state index in [1.807, 2.05) is 20.0 Å². The first-order valence-electron chi connectivity index (χ1n) is 5.84. The topological polar surface area (TPSA) is 79.3 Å². The lowest BCUT2D eigenvalue weighted by molar-refractivity contribution is -0.119. The van der Waals surface area contributed by atoms with Gasteiger partial charge in [0.15, 0.2) is 0 Å². The predicted molar refractivity (Wildman–Crippen MR) is 65.5 cm³/mol. The Morgan fingerprint density at radius 3 is 2.89 bits per heavy atom. The second-order valence-electron chi connectivity index (χ2n) is 5.12. The van der Waals surface area contributed by atoms with E-state index in [2.05, 4.69) is 15.3 Å². The summed E-state index contributed by atoms with van der Waals surface area (Å²) >= 11 is 0. The van der Waals surface area contributed by atoms with Gasteiger partial charge in [-0.05, 0) is 6.92 Å². The fraction of sp³-hybridized carbons (Fsp3) is 0.417. The molecular weight excluding hydrogens is 232 g/mol. The lowest BCUT2D eigenvalue weighted by Crippen LogP contribution is -2.28. The van der Waals surface area contributed by atoms with Crippen LogP contribution in [0.5, 0.6) is 0 Å². The van der Waals surface area contributed by atoms with Gasteiger partial charge in [-0.2, -0.15) is 0 Å². The van der Waals surface area contributed by atoms with Crippen molar-refractivity contribution < 1.29 is 4.79 Å². The maximum absolute atomic E-state index is 11.8. The number of aryl methyl sites for hydroxylation is 1. The number of nitrogens with one attached hydrogen (secondary N) is 2. The Hall–Kier alpha value is -2.11. The molecule has 1 saturated heterocycles. The normalized spacial score (nSPS) is 23.6. The molecule has 18 heavy (non-hydrogen) atoms. The van der Waals surface area contributed by atoms with Crippen LogP contribution in [-0.2, 0) is 10.2 Å². The lowest BCUT2D eigenvalue weighted by atomic mass is 9.88. The number of rotatable bonds is 1. The number of nitrogens with zero attached hydrogens (tertiary/aromatic N) is 2. The molecule has 3 rings (SSSR count). The number of aromatic nitrogens is 3. The smallest absolute Gasteiger partial charge is 0.274 e. The molecule has 0 aliphatic carbocycles. The lowest BCUT2D eigenvalue weighted by Gasteiger charge is -2.19. The van der Waals surface area contributed by atoms with Gasteiger partial charge in [0, 0.05) is 24.9 Å². The largest absolute Gasteiger partial charge is 0.355 e. The van der Waals surface area contributed by atoms with Gasteiger partial charge in [-0.25, -0.2) is 4.98 Å². The second-order valence-corrected chi connectivity index (χ2v) is 5.12. The zero-order valence-corrected chi connectivity index (χ0v) is 10.3. The summed E-state index contributed by atoms with van der Waals surface area (Å²) in [5, 5.41) is 2.81. The van der Waals surface area contributed by atoms with Gasteiger partial charge in [-0.1, -0.05) is 6.92 Å². The van der Waals surface area contributed by atoms with E-state index in [-0.39, 0.29) is 16.9 Å². The summed E-state index contributed by atoms with van der Waals surface area (Å²) in [6.07, 6.45) is 3.80. The Morgan fingerprint density at radius 2 is 2.22 bits per heavy atom. The zero-order valence-electron chi connectivity index (χ0n) is 10.3. The third-order valence-electron chi connectivity index (χ3n) is 3.43. The highest BCUT2D eigenvalue weighted by atomic mass is 16.2. The van der Waals surface area contributed by atoms with Crippen molar-refractivity contribution in [1.29, 1.82) is 0 Å².